The van der Waals surface area contributed by atoms with Crippen molar-refractivity contribution in [3.63, 3.8) is 0 Å². The Balaban J connectivity index is 0.902. The Morgan fingerprint density at radius 1 is 0.165 bits per heavy atom. The molecular weight excluding hydrogens is 1390 g/mol. The van der Waals surface area contributed by atoms with Gasteiger partial charge in [0.25, 0.3) is 6.71 Å². The van der Waals surface area contributed by atoms with Crippen molar-refractivity contribution < 1.29 is 0 Å². The molecule has 0 unspecified atom stereocenters. The minimum absolute atomic E-state index is 0.321. The second-order valence-corrected chi connectivity index (χ2v) is 30.2. The summed E-state index contributed by atoms with van der Waals surface area (Å²) >= 11 is 0. The molecule has 0 saturated heterocycles. The molecule has 0 amide bonds. The molecule has 0 spiro atoms. The number of benzene rings is 19. The molecule has 115 heavy (non-hydrogen) atoms. The van der Waals surface area contributed by atoms with E-state index >= 15 is 0 Å². The standard InChI is InChI=1S/C109H70BN5/c1-9-29-71(30-10-1)83-53-84(72-31-11-2-12-32-72)58-91(57-83)107-111-108(92-59-85(73-33-13-3-14-34-73)54-86(60-92)74-35-15-4-16-36-74)113-109(112-107)93-67-104-106-105(68-93)115(95-63-89(77-41-21-7-22-42-77)56-90(64-95)78-43-23-8-24-44-78)103-66-82-52-50-80-46-26-28-48-97(80)99(82)70-101(103)110(106)100-69-98-81(51-49-79-45-25-27-47-96(79)98)65-102(100)114(104)94-61-87(75-37-17-5-18-38-75)55-88(62-94)76-39-19-6-20-40-76/h1-70H. The summed E-state index contributed by atoms with van der Waals surface area (Å²) in [7, 11) is 0. The Morgan fingerprint density at radius 3 is 0.687 bits per heavy atom. The third kappa shape index (κ3) is 12.1. The maximum Gasteiger partial charge on any atom is 0.252 e. The van der Waals surface area contributed by atoms with Crippen LogP contribution in [-0.4, -0.2) is 21.7 Å². The highest BCUT2D eigenvalue weighted by atomic mass is 15.2. The van der Waals surface area contributed by atoms with Crippen LogP contribution in [0, 0.1) is 0 Å². The topological polar surface area (TPSA) is 45.2 Å². The zero-order chi connectivity index (χ0) is 75.9. The summed E-state index contributed by atoms with van der Waals surface area (Å²) in [5.41, 5.74) is 29.7. The summed E-state index contributed by atoms with van der Waals surface area (Å²) in [6, 6.07) is 156. The third-order valence-electron chi connectivity index (χ3n) is 23.3. The Hall–Kier alpha value is -15.1. The van der Waals surface area contributed by atoms with Gasteiger partial charge in [-0.05, 0) is 246 Å². The molecule has 0 radical (unpaired) electrons. The summed E-state index contributed by atoms with van der Waals surface area (Å²) in [4.78, 5) is 22.9. The lowest BCUT2D eigenvalue weighted by Crippen LogP contribution is -2.61. The fourth-order valence-electron chi connectivity index (χ4n) is 17.8. The molecule has 0 atom stereocenters. The Labute approximate surface area is 668 Å². The van der Waals surface area contributed by atoms with Gasteiger partial charge in [0.1, 0.15) is 0 Å². The zero-order valence-electron chi connectivity index (χ0n) is 62.7. The molecular formula is C109H70BN5. The quantitative estimate of drug-likeness (QED) is 0.0850. The molecule has 19 aromatic carbocycles. The maximum atomic E-state index is 5.97. The van der Waals surface area contributed by atoms with Crippen LogP contribution in [0.15, 0.2) is 425 Å². The largest absolute Gasteiger partial charge is 0.311 e. The number of anilines is 6. The van der Waals surface area contributed by atoms with Crippen LogP contribution in [0.3, 0.4) is 0 Å². The van der Waals surface area contributed by atoms with Gasteiger partial charge in [0, 0.05) is 50.8 Å². The van der Waals surface area contributed by atoms with Crippen LogP contribution in [0.4, 0.5) is 34.1 Å². The highest BCUT2D eigenvalue weighted by Gasteiger charge is 2.45. The predicted molar refractivity (Wildman–Crippen MR) is 484 cm³/mol. The van der Waals surface area contributed by atoms with Crippen molar-refractivity contribution in [2.45, 2.75) is 0 Å². The van der Waals surface area contributed by atoms with Crippen molar-refractivity contribution in [2.24, 2.45) is 0 Å². The van der Waals surface area contributed by atoms with E-state index in [1.54, 1.807) is 0 Å². The smallest absolute Gasteiger partial charge is 0.252 e. The molecule has 2 aliphatic heterocycles. The lowest BCUT2D eigenvalue weighted by atomic mass is 9.33. The lowest BCUT2D eigenvalue weighted by molar-refractivity contribution is 1.07. The maximum absolute atomic E-state index is 5.97. The average Bonchev–Trinajstić information content (AvgIpc) is 0.686. The van der Waals surface area contributed by atoms with E-state index in [-0.39, 0.29) is 6.71 Å². The molecule has 2 aliphatic rings. The Bertz CT molecular complexity index is 6530. The van der Waals surface area contributed by atoms with Gasteiger partial charge in [-0.15, -0.1) is 0 Å². The lowest BCUT2D eigenvalue weighted by Gasteiger charge is -2.45. The first kappa shape index (κ1) is 66.8. The average molecular weight is 1460 g/mol. The number of aromatic nitrogens is 3. The van der Waals surface area contributed by atoms with Gasteiger partial charge in [0.2, 0.25) is 0 Å². The normalized spacial score (nSPS) is 12.1. The second-order valence-electron chi connectivity index (χ2n) is 30.2. The first-order valence-corrected chi connectivity index (χ1v) is 39.5. The molecule has 20 aromatic rings. The van der Waals surface area contributed by atoms with E-state index in [0.29, 0.717) is 17.5 Å². The number of fused-ring (bicyclic) bond motifs is 10. The molecule has 22 rings (SSSR count). The van der Waals surface area contributed by atoms with Gasteiger partial charge >= 0.3 is 0 Å². The van der Waals surface area contributed by atoms with E-state index in [9.17, 15) is 0 Å². The molecule has 0 saturated carbocycles. The van der Waals surface area contributed by atoms with Crippen molar-refractivity contribution in [3.8, 4) is 123 Å². The van der Waals surface area contributed by atoms with Gasteiger partial charge in [0.15, 0.2) is 17.5 Å². The van der Waals surface area contributed by atoms with Gasteiger partial charge in [-0.3, -0.25) is 0 Å². The number of rotatable bonds is 13. The summed E-state index contributed by atoms with van der Waals surface area (Å²) in [6.45, 7) is -0.321. The van der Waals surface area contributed by atoms with E-state index in [1.165, 1.54) is 43.2 Å². The summed E-state index contributed by atoms with van der Waals surface area (Å²) in [5.74, 6) is 1.60. The molecule has 0 aliphatic carbocycles. The van der Waals surface area contributed by atoms with Crippen LogP contribution < -0.4 is 26.2 Å². The first-order chi connectivity index (χ1) is 56.9. The summed E-state index contributed by atoms with van der Waals surface area (Å²) in [5, 5.41) is 9.48. The van der Waals surface area contributed by atoms with Crippen molar-refractivity contribution in [1.82, 2.24) is 15.0 Å². The molecule has 534 valence electrons. The number of hydrogen-bond acceptors (Lipinski definition) is 5. The minimum Gasteiger partial charge on any atom is -0.311 e. The van der Waals surface area contributed by atoms with Crippen molar-refractivity contribution in [1.29, 1.82) is 0 Å². The number of nitrogens with zero attached hydrogens (tertiary/aromatic N) is 5. The van der Waals surface area contributed by atoms with E-state index in [2.05, 4.69) is 434 Å². The van der Waals surface area contributed by atoms with Crippen LogP contribution in [0.2, 0.25) is 0 Å². The van der Waals surface area contributed by atoms with E-state index < -0.39 is 0 Å². The minimum atomic E-state index is -0.321. The second kappa shape index (κ2) is 28.0. The highest BCUT2D eigenvalue weighted by Crippen LogP contribution is 2.51. The molecule has 6 heteroatoms. The van der Waals surface area contributed by atoms with Crippen LogP contribution in [-0.2, 0) is 0 Å². The summed E-state index contributed by atoms with van der Waals surface area (Å²) < 4.78 is 0. The van der Waals surface area contributed by atoms with Crippen LogP contribution >= 0.6 is 0 Å². The SMILES string of the molecule is c1ccc(-c2cc(-c3ccccc3)cc(-c3nc(-c4cc(-c5ccccc5)cc(-c5ccccc5)c4)nc(-c4cc5c6c(c4)N(c4cc(-c7ccccc7)cc(-c7ccccc7)c4)c4cc7ccc8ccccc8c7cc4B6c4cc6c(ccc7ccccc76)cc4N5c4cc(-c5ccccc5)cc(-c5ccccc5)c4)n3)c2)cc1. The Morgan fingerprint density at radius 2 is 0.400 bits per heavy atom. The predicted octanol–water partition coefficient (Wildman–Crippen LogP) is 26.9. The Kier molecular flexibility index (Phi) is 16.3. The van der Waals surface area contributed by atoms with Gasteiger partial charge in [-0.25, -0.2) is 15.0 Å². The van der Waals surface area contributed by atoms with Crippen LogP contribution in [0.5, 0.6) is 0 Å². The van der Waals surface area contributed by atoms with Crippen molar-refractivity contribution >= 4 is 100 Å². The van der Waals surface area contributed by atoms with E-state index in [0.717, 1.165) is 156 Å². The molecule has 5 nitrogen and oxygen atoms in total. The van der Waals surface area contributed by atoms with Crippen molar-refractivity contribution in [2.75, 3.05) is 9.80 Å². The fraction of sp³-hybridized carbons (Fsp3) is 0. The van der Waals surface area contributed by atoms with Gasteiger partial charge < -0.3 is 9.80 Å². The first-order valence-electron chi connectivity index (χ1n) is 39.5. The van der Waals surface area contributed by atoms with Crippen LogP contribution in [0.1, 0.15) is 0 Å². The fourth-order valence-corrected chi connectivity index (χ4v) is 17.8. The molecule has 0 fully saturated rings. The molecule has 1 aromatic heterocycles. The van der Waals surface area contributed by atoms with E-state index in [1.807, 2.05) is 0 Å². The third-order valence-corrected chi connectivity index (χ3v) is 23.3. The molecule has 0 N–H and O–H groups in total. The van der Waals surface area contributed by atoms with E-state index in [4.69, 9.17) is 15.0 Å². The van der Waals surface area contributed by atoms with Gasteiger partial charge in [-0.1, -0.05) is 328 Å². The summed E-state index contributed by atoms with van der Waals surface area (Å²) in [6.07, 6.45) is 0. The number of hydrogen-bond donors (Lipinski definition) is 0. The monoisotopic (exact) mass is 1460 g/mol. The van der Waals surface area contributed by atoms with Gasteiger partial charge in [0.05, 0.1) is 0 Å². The van der Waals surface area contributed by atoms with Crippen LogP contribution in [0.25, 0.3) is 166 Å². The molecule has 3 heterocycles. The molecule has 0 bridgehead atoms. The van der Waals surface area contributed by atoms with Gasteiger partial charge in [-0.2, -0.15) is 0 Å². The van der Waals surface area contributed by atoms with Crippen molar-refractivity contribution in [3.05, 3.63) is 425 Å². The zero-order valence-corrected chi connectivity index (χ0v) is 62.7. The highest BCUT2D eigenvalue weighted by molar-refractivity contribution is 7.00.